The third kappa shape index (κ3) is 5.81. The number of hydrogen-bond donors (Lipinski definition) is 1. The zero-order chi connectivity index (χ0) is 25.0. The second-order valence-corrected chi connectivity index (χ2v) is 8.26. The highest BCUT2D eigenvalue weighted by Gasteiger charge is 2.32. The number of hydrogen-bond acceptors (Lipinski definition) is 7. The van der Waals surface area contributed by atoms with Crippen LogP contribution >= 0.6 is 0 Å². The number of carbonyl (C=O) groups is 2. The molecule has 14 heteroatoms. The molecule has 3 heterocycles. The minimum Gasteiger partial charge on any atom is -0.336 e. The first-order valence-electron chi connectivity index (χ1n) is 11.2. The quantitative estimate of drug-likeness (QED) is 0.488. The predicted octanol–water partition coefficient (Wildman–Crippen LogP) is 2.68. The summed E-state index contributed by atoms with van der Waals surface area (Å²) in [5.41, 5.74) is -0.965. The Morgan fingerprint density at radius 3 is 2.69 bits per heavy atom. The largest absolute Gasteiger partial charge is 0.416 e. The van der Waals surface area contributed by atoms with Crippen molar-refractivity contribution < 1.29 is 22.8 Å². The fraction of sp³-hybridized carbons (Fsp3) is 0.476. The van der Waals surface area contributed by atoms with E-state index in [0.29, 0.717) is 18.9 Å². The van der Waals surface area contributed by atoms with Crippen LogP contribution in [0.1, 0.15) is 54.4 Å². The monoisotopic (exact) mass is 491 g/mol. The molecule has 0 aromatic carbocycles. The summed E-state index contributed by atoms with van der Waals surface area (Å²) in [6.07, 6.45) is 2.74. The van der Waals surface area contributed by atoms with E-state index in [0.717, 1.165) is 42.3 Å². The van der Waals surface area contributed by atoms with E-state index in [4.69, 9.17) is 0 Å². The van der Waals surface area contributed by atoms with Crippen LogP contribution in [0.25, 0.3) is 5.82 Å². The van der Waals surface area contributed by atoms with Gasteiger partial charge in [0, 0.05) is 19.3 Å². The first kappa shape index (κ1) is 24.3. The van der Waals surface area contributed by atoms with E-state index >= 15 is 0 Å². The maximum absolute atomic E-state index is 13.5. The second-order valence-electron chi connectivity index (χ2n) is 8.26. The maximum Gasteiger partial charge on any atom is 0.416 e. The number of aromatic nitrogens is 7. The zero-order valence-corrected chi connectivity index (χ0v) is 18.9. The number of halogens is 3. The summed E-state index contributed by atoms with van der Waals surface area (Å²) in [7, 11) is 0. The van der Waals surface area contributed by atoms with Crippen LogP contribution in [0, 0.1) is 5.92 Å². The van der Waals surface area contributed by atoms with E-state index in [2.05, 4.69) is 30.9 Å². The van der Waals surface area contributed by atoms with Crippen LogP contribution in [-0.2, 0) is 12.7 Å². The van der Waals surface area contributed by atoms with Crippen LogP contribution in [0.5, 0.6) is 0 Å². The molecule has 35 heavy (non-hydrogen) atoms. The predicted molar refractivity (Wildman–Crippen MR) is 115 cm³/mol. The van der Waals surface area contributed by atoms with Crippen molar-refractivity contribution in [1.82, 2.24) is 45.2 Å². The smallest absolute Gasteiger partial charge is 0.336 e. The summed E-state index contributed by atoms with van der Waals surface area (Å²) in [4.78, 5) is 31.6. The van der Waals surface area contributed by atoms with Crippen LogP contribution in [0.15, 0.2) is 30.7 Å². The molecule has 1 aliphatic carbocycles. The maximum atomic E-state index is 13.5. The summed E-state index contributed by atoms with van der Waals surface area (Å²) in [6, 6.07) is 1.21. The van der Waals surface area contributed by atoms with Crippen LogP contribution < -0.4 is 5.32 Å². The number of nitrogens with zero attached hydrogens (tertiary/aromatic N) is 8. The molecule has 1 N–H and O–H groups in total. The van der Waals surface area contributed by atoms with Gasteiger partial charge in [-0.3, -0.25) is 9.78 Å². The van der Waals surface area contributed by atoms with Crippen molar-refractivity contribution in [3.63, 3.8) is 0 Å². The van der Waals surface area contributed by atoms with Gasteiger partial charge in [0.2, 0.25) is 0 Å². The molecule has 0 aliphatic heterocycles. The van der Waals surface area contributed by atoms with Crippen molar-refractivity contribution >= 4 is 11.9 Å². The lowest BCUT2D eigenvalue weighted by atomic mass is 10.2. The van der Waals surface area contributed by atoms with Crippen molar-refractivity contribution in [3.05, 3.63) is 47.7 Å². The van der Waals surface area contributed by atoms with Crippen molar-refractivity contribution in [1.29, 1.82) is 0 Å². The highest BCUT2D eigenvalue weighted by Crippen LogP contribution is 2.29. The molecule has 4 rings (SSSR count). The molecule has 0 spiro atoms. The molecule has 1 fully saturated rings. The van der Waals surface area contributed by atoms with Gasteiger partial charge in [0.15, 0.2) is 11.5 Å². The first-order chi connectivity index (χ1) is 16.8. The number of amides is 2. The Labute approximate surface area is 198 Å². The third-order valence-corrected chi connectivity index (χ3v) is 5.49. The van der Waals surface area contributed by atoms with Crippen molar-refractivity contribution in [3.8, 4) is 5.82 Å². The van der Waals surface area contributed by atoms with E-state index in [-0.39, 0.29) is 30.3 Å². The van der Waals surface area contributed by atoms with Gasteiger partial charge in [-0.25, -0.2) is 4.79 Å². The number of unbranched alkanes of at least 4 members (excludes halogenated alkanes) is 1. The second kappa shape index (κ2) is 10.2. The molecule has 0 unspecified atom stereocenters. The van der Waals surface area contributed by atoms with E-state index in [1.165, 1.54) is 22.0 Å². The van der Waals surface area contributed by atoms with E-state index in [1.54, 1.807) is 0 Å². The van der Waals surface area contributed by atoms with Crippen LogP contribution in [0.3, 0.4) is 0 Å². The lowest BCUT2D eigenvalue weighted by molar-refractivity contribution is -0.137. The Hall–Kier alpha value is -3.84. The van der Waals surface area contributed by atoms with Gasteiger partial charge in [0.1, 0.15) is 0 Å². The molecule has 0 bridgehead atoms. The van der Waals surface area contributed by atoms with Crippen molar-refractivity contribution in [2.24, 2.45) is 5.92 Å². The van der Waals surface area contributed by atoms with Gasteiger partial charge >= 0.3 is 12.2 Å². The minimum absolute atomic E-state index is 0.0145. The van der Waals surface area contributed by atoms with Crippen LogP contribution in [0.2, 0.25) is 0 Å². The molecule has 1 aliphatic rings. The number of pyridine rings is 1. The minimum atomic E-state index is -4.53. The number of alkyl halides is 3. The average Bonchev–Trinajstić information content (AvgIpc) is 3.30. The first-order valence-corrected chi connectivity index (χ1v) is 11.2. The Morgan fingerprint density at radius 2 is 2.03 bits per heavy atom. The Kier molecular flexibility index (Phi) is 7.07. The molecule has 0 saturated heterocycles. The molecule has 0 atom stereocenters. The number of rotatable bonds is 9. The topological polar surface area (TPSA) is 124 Å². The average molecular weight is 491 g/mol. The molecular formula is C21H24F3N9O2. The van der Waals surface area contributed by atoms with Crippen molar-refractivity contribution in [2.75, 3.05) is 13.1 Å². The Bertz CT molecular complexity index is 1170. The van der Waals surface area contributed by atoms with Crippen molar-refractivity contribution in [2.45, 2.75) is 45.3 Å². The summed E-state index contributed by atoms with van der Waals surface area (Å²) in [5.74, 6) is -0.216. The normalized spacial score (nSPS) is 13.6. The summed E-state index contributed by atoms with van der Waals surface area (Å²) in [5, 5.41) is 18.2. The van der Waals surface area contributed by atoms with Gasteiger partial charge in [-0.15, -0.1) is 14.9 Å². The van der Waals surface area contributed by atoms with Gasteiger partial charge in [-0.05, 0) is 37.3 Å². The third-order valence-electron chi connectivity index (χ3n) is 5.49. The molecule has 11 nitrogen and oxygen atoms in total. The number of nitrogens with one attached hydrogen (secondary N) is 1. The van der Waals surface area contributed by atoms with Gasteiger partial charge in [0.25, 0.3) is 5.91 Å². The number of carbonyl (C=O) groups excluding carboxylic acids is 2. The molecule has 186 valence electrons. The highest BCUT2D eigenvalue weighted by atomic mass is 19.4. The van der Waals surface area contributed by atoms with Gasteiger partial charge < -0.3 is 10.2 Å². The van der Waals surface area contributed by atoms with E-state index in [1.807, 2.05) is 6.92 Å². The molecule has 3 aromatic rings. The molecule has 1 saturated carbocycles. The van der Waals surface area contributed by atoms with E-state index in [9.17, 15) is 22.8 Å². The SMILES string of the molecule is CCCCN(Cc1cc(C(F)(F)F)ccn1)C(=O)c1nnn(C(=O)NCC2CC2)c1-n1ccnn1. The van der Waals surface area contributed by atoms with Gasteiger partial charge in [0.05, 0.1) is 30.2 Å². The highest BCUT2D eigenvalue weighted by molar-refractivity contribution is 5.96. The summed E-state index contributed by atoms with van der Waals surface area (Å²) < 4.78 is 41.6. The van der Waals surface area contributed by atoms with E-state index < -0.39 is 23.7 Å². The molecular weight excluding hydrogens is 467 g/mol. The fourth-order valence-corrected chi connectivity index (χ4v) is 3.39. The molecule has 2 amide bonds. The Balaban J connectivity index is 1.64. The zero-order valence-electron chi connectivity index (χ0n) is 18.9. The lowest BCUT2D eigenvalue weighted by Gasteiger charge is -2.22. The summed E-state index contributed by atoms with van der Waals surface area (Å²) in [6.45, 7) is 2.46. The molecule has 3 aromatic heterocycles. The Morgan fingerprint density at radius 1 is 1.23 bits per heavy atom. The lowest BCUT2D eigenvalue weighted by Crippen LogP contribution is -2.35. The summed E-state index contributed by atoms with van der Waals surface area (Å²) >= 11 is 0. The standard InChI is InChI=1S/C21H24F3N9O2/c1-2-3-9-31(13-16-11-15(6-7-25-16)21(22,23)24)19(34)17-18(32-10-8-27-29-32)33(30-28-17)20(35)26-12-14-4-5-14/h6-8,10-11,14H,2-5,9,12-13H2,1H3,(H,26,35). The molecule has 0 radical (unpaired) electrons. The van der Waals surface area contributed by atoms with Crippen LogP contribution in [0.4, 0.5) is 18.0 Å². The van der Waals surface area contributed by atoms with Crippen LogP contribution in [-0.4, -0.2) is 64.9 Å². The van der Waals surface area contributed by atoms with Gasteiger partial charge in [-0.1, -0.05) is 23.8 Å². The van der Waals surface area contributed by atoms with Gasteiger partial charge in [-0.2, -0.15) is 17.9 Å². The fourth-order valence-electron chi connectivity index (χ4n) is 3.39.